The zero-order chi connectivity index (χ0) is 14.8. The molecule has 0 bridgehead atoms. The van der Waals surface area contributed by atoms with E-state index in [-0.39, 0.29) is 0 Å². The Labute approximate surface area is 125 Å². The van der Waals surface area contributed by atoms with Crippen LogP contribution < -0.4 is 5.73 Å². The van der Waals surface area contributed by atoms with Crippen LogP contribution in [0, 0.1) is 12.8 Å². The molecular weight excluding hydrogens is 264 g/mol. The van der Waals surface area contributed by atoms with E-state index in [2.05, 4.69) is 24.2 Å². The molecule has 1 aromatic carbocycles. The molecule has 1 saturated carbocycles. The summed E-state index contributed by atoms with van der Waals surface area (Å²) in [5, 5.41) is 4.19. The van der Waals surface area contributed by atoms with Crippen LogP contribution in [0.3, 0.4) is 0 Å². The highest BCUT2D eigenvalue weighted by Gasteiger charge is 2.31. The zero-order valence-corrected chi connectivity index (χ0v) is 12.6. The molecule has 0 saturated heterocycles. The Balaban J connectivity index is 1.78. The number of nitrogens with zero attached hydrogens (tertiary/aromatic N) is 1. The molecule has 1 aliphatic rings. The van der Waals surface area contributed by atoms with Gasteiger partial charge in [-0.05, 0) is 50.2 Å². The van der Waals surface area contributed by atoms with E-state index in [0.29, 0.717) is 17.9 Å². The van der Waals surface area contributed by atoms with Crippen molar-refractivity contribution in [3.05, 3.63) is 35.5 Å². The molecule has 0 amide bonds. The summed E-state index contributed by atoms with van der Waals surface area (Å²) in [7, 11) is 0. The number of rotatable bonds is 5. The number of nitrogens with two attached hydrogens (primary N) is 1. The molecule has 0 atom stereocenters. The monoisotopic (exact) mass is 286 g/mol. The maximum absolute atomic E-state index is 6.00. The molecule has 2 N–H and O–H groups in total. The van der Waals surface area contributed by atoms with Crippen molar-refractivity contribution in [1.29, 1.82) is 0 Å². The van der Waals surface area contributed by atoms with E-state index in [4.69, 9.17) is 15.0 Å². The third-order valence-corrected chi connectivity index (χ3v) is 4.28. The Bertz CT molecular complexity index is 615. The third-order valence-electron chi connectivity index (χ3n) is 4.28. The van der Waals surface area contributed by atoms with Crippen LogP contribution in [0.4, 0.5) is 5.88 Å². The van der Waals surface area contributed by atoms with E-state index in [1.807, 2.05) is 19.1 Å². The summed E-state index contributed by atoms with van der Waals surface area (Å²) in [6, 6.07) is 8.21. The van der Waals surface area contributed by atoms with E-state index < -0.39 is 0 Å². The van der Waals surface area contributed by atoms with E-state index >= 15 is 0 Å². The number of aryl methyl sites for hydroxylation is 1. The maximum atomic E-state index is 6.00. The number of nitrogen functional groups attached to an aromatic ring is 1. The average molecular weight is 286 g/mol. The van der Waals surface area contributed by atoms with Crippen LogP contribution in [0.15, 0.2) is 28.8 Å². The van der Waals surface area contributed by atoms with E-state index in [9.17, 15) is 0 Å². The van der Waals surface area contributed by atoms with Gasteiger partial charge in [0.1, 0.15) is 0 Å². The zero-order valence-electron chi connectivity index (χ0n) is 12.6. The number of hydrogen-bond acceptors (Lipinski definition) is 4. The van der Waals surface area contributed by atoms with Crippen LogP contribution in [0.25, 0.3) is 11.1 Å². The van der Waals surface area contributed by atoms with Crippen LogP contribution in [0.5, 0.6) is 0 Å². The summed E-state index contributed by atoms with van der Waals surface area (Å²) >= 11 is 0. The van der Waals surface area contributed by atoms with E-state index in [1.165, 1.54) is 5.56 Å². The van der Waals surface area contributed by atoms with Gasteiger partial charge in [-0.3, -0.25) is 0 Å². The topological polar surface area (TPSA) is 61.3 Å². The molecule has 4 heteroatoms. The number of anilines is 1. The first-order valence-corrected chi connectivity index (χ1v) is 7.60. The molecule has 3 rings (SSSR count). The minimum Gasteiger partial charge on any atom is -0.378 e. The Morgan fingerprint density at radius 3 is 2.81 bits per heavy atom. The molecule has 0 unspecified atom stereocenters. The van der Waals surface area contributed by atoms with Gasteiger partial charge in [0, 0.05) is 6.61 Å². The maximum Gasteiger partial charge on any atom is 0.230 e. The largest absolute Gasteiger partial charge is 0.378 e. The molecule has 21 heavy (non-hydrogen) atoms. The van der Waals surface area contributed by atoms with Gasteiger partial charge in [0.25, 0.3) is 0 Å². The van der Waals surface area contributed by atoms with Crippen LogP contribution in [0.1, 0.15) is 31.0 Å². The quantitative estimate of drug-likeness (QED) is 0.912. The molecule has 0 aliphatic heterocycles. The highest BCUT2D eigenvalue weighted by Crippen LogP contribution is 2.38. The molecule has 1 aromatic heterocycles. The first kappa shape index (κ1) is 14.1. The molecule has 112 valence electrons. The Morgan fingerprint density at radius 2 is 2.10 bits per heavy atom. The van der Waals surface area contributed by atoms with Gasteiger partial charge in [-0.1, -0.05) is 29.4 Å². The second-order valence-electron chi connectivity index (χ2n) is 5.80. The van der Waals surface area contributed by atoms with Gasteiger partial charge >= 0.3 is 0 Å². The molecule has 2 aromatic rings. The van der Waals surface area contributed by atoms with Crippen molar-refractivity contribution < 1.29 is 9.26 Å². The minimum absolute atomic E-state index is 0.417. The number of ether oxygens (including phenoxy) is 1. The second-order valence-corrected chi connectivity index (χ2v) is 5.80. The molecular formula is C17H22N2O2. The van der Waals surface area contributed by atoms with Crippen molar-refractivity contribution in [2.75, 3.05) is 12.3 Å². The standard InChI is InChI=1S/C17H22N2O2/c1-3-20-13-8-12(9-13)10-15-16(17(18)21-19-15)14-7-5-4-6-11(14)2/h4-7,12-13H,3,8-10,18H2,1-2H3. The van der Waals surface area contributed by atoms with Crippen LogP contribution >= 0.6 is 0 Å². The summed E-state index contributed by atoms with van der Waals surface area (Å²) in [6.07, 6.45) is 3.54. The summed E-state index contributed by atoms with van der Waals surface area (Å²) in [4.78, 5) is 0. The lowest BCUT2D eigenvalue weighted by Gasteiger charge is -2.34. The highest BCUT2D eigenvalue weighted by molar-refractivity contribution is 5.77. The predicted octanol–water partition coefficient (Wildman–Crippen LogP) is 3.59. The van der Waals surface area contributed by atoms with Gasteiger partial charge in [0.05, 0.1) is 17.4 Å². The van der Waals surface area contributed by atoms with Crippen LogP contribution in [-0.2, 0) is 11.2 Å². The Hall–Kier alpha value is -1.81. The number of aromatic nitrogens is 1. The molecule has 1 fully saturated rings. The van der Waals surface area contributed by atoms with Crippen molar-refractivity contribution in [3.63, 3.8) is 0 Å². The minimum atomic E-state index is 0.417. The molecule has 0 spiro atoms. The highest BCUT2D eigenvalue weighted by atomic mass is 16.5. The van der Waals surface area contributed by atoms with Crippen molar-refractivity contribution in [3.8, 4) is 11.1 Å². The third kappa shape index (κ3) is 2.81. The van der Waals surface area contributed by atoms with Gasteiger partial charge in [-0.25, -0.2) is 0 Å². The van der Waals surface area contributed by atoms with Gasteiger partial charge in [-0.2, -0.15) is 0 Å². The fraction of sp³-hybridized carbons (Fsp3) is 0.471. The molecule has 1 aliphatic carbocycles. The molecule has 0 radical (unpaired) electrons. The molecule has 1 heterocycles. The lowest BCUT2D eigenvalue weighted by Crippen LogP contribution is -2.32. The van der Waals surface area contributed by atoms with Gasteiger partial charge in [-0.15, -0.1) is 0 Å². The fourth-order valence-electron chi connectivity index (χ4n) is 3.11. The van der Waals surface area contributed by atoms with Gasteiger partial charge in [0.2, 0.25) is 5.88 Å². The summed E-state index contributed by atoms with van der Waals surface area (Å²) in [5.74, 6) is 1.04. The summed E-state index contributed by atoms with van der Waals surface area (Å²) in [5.41, 5.74) is 10.2. The van der Waals surface area contributed by atoms with Crippen molar-refractivity contribution in [2.24, 2.45) is 5.92 Å². The summed E-state index contributed by atoms with van der Waals surface area (Å²) < 4.78 is 10.9. The van der Waals surface area contributed by atoms with Gasteiger partial charge in [0.15, 0.2) is 0 Å². The van der Waals surface area contributed by atoms with Crippen molar-refractivity contribution in [2.45, 2.75) is 39.2 Å². The van der Waals surface area contributed by atoms with Crippen molar-refractivity contribution in [1.82, 2.24) is 5.16 Å². The van der Waals surface area contributed by atoms with Crippen LogP contribution in [-0.4, -0.2) is 17.9 Å². The predicted molar refractivity (Wildman–Crippen MR) is 82.9 cm³/mol. The lowest BCUT2D eigenvalue weighted by molar-refractivity contribution is -0.0244. The van der Waals surface area contributed by atoms with E-state index in [0.717, 1.165) is 42.7 Å². The average Bonchev–Trinajstić information content (AvgIpc) is 2.78. The van der Waals surface area contributed by atoms with Gasteiger partial charge < -0.3 is 15.0 Å². The lowest BCUT2D eigenvalue weighted by atomic mass is 9.78. The van der Waals surface area contributed by atoms with Crippen molar-refractivity contribution >= 4 is 5.88 Å². The second kappa shape index (κ2) is 5.90. The summed E-state index contributed by atoms with van der Waals surface area (Å²) in [6.45, 7) is 4.92. The first-order chi connectivity index (χ1) is 10.2. The first-order valence-electron chi connectivity index (χ1n) is 7.60. The SMILES string of the molecule is CCOC1CC(Cc2noc(N)c2-c2ccccc2C)C1. The smallest absolute Gasteiger partial charge is 0.230 e. The normalized spacial score (nSPS) is 21.2. The molecule has 4 nitrogen and oxygen atoms in total. The number of benzene rings is 1. The van der Waals surface area contributed by atoms with Crippen LogP contribution in [0.2, 0.25) is 0 Å². The Kier molecular flexibility index (Phi) is 3.97. The number of hydrogen-bond donors (Lipinski definition) is 1. The van der Waals surface area contributed by atoms with E-state index in [1.54, 1.807) is 0 Å². The fourth-order valence-corrected chi connectivity index (χ4v) is 3.11. The Morgan fingerprint density at radius 1 is 1.33 bits per heavy atom.